The highest BCUT2D eigenvalue weighted by atomic mass is 79.9. The van der Waals surface area contributed by atoms with E-state index in [1.54, 1.807) is 18.2 Å². The fourth-order valence-corrected chi connectivity index (χ4v) is 2.11. The summed E-state index contributed by atoms with van der Waals surface area (Å²) in [6.07, 6.45) is 0.649. The predicted molar refractivity (Wildman–Crippen MR) is 79.3 cm³/mol. The quantitative estimate of drug-likeness (QED) is 0.462. The number of rotatable bonds is 5. The van der Waals surface area contributed by atoms with Crippen LogP contribution in [0.5, 0.6) is 17.2 Å². The molecule has 0 aliphatic heterocycles. The Hall–Kier alpha value is -2.41. The lowest BCUT2D eigenvalue weighted by atomic mass is 10.2. The van der Waals surface area contributed by atoms with Crippen molar-refractivity contribution in [1.29, 1.82) is 0 Å². The maximum Gasteiger partial charge on any atom is 0.311 e. The Labute approximate surface area is 128 Å². The standard InChI is InChI=1S/C14H10BrNO5/c1-20-13-7-10(15)9(8-17)6-14(13)21-12-5-3-2-4-11(12)16(18)19/h2-8H,1H3. The van der Waals surface area contributed by atoms with E-state index in [1.165, 1.54) is 25.3 Å². The Bertz CT molecular complexity index is 702. The van der Waals surface area contributed by atoms with Gasteiger partial charge < -0.3 is 9.47 Å². The largest absolute Gasteiger partial charge is 0.493 e. The molecule has 0 radical (unpaired) electrons. The zero-order valence-corrected chi connectivity index (χ0v) is 12.5. The molecule has 21 heavy (non-hydrogen) atoms. The molecule has 0 aliphatic rings. The van der Waals surface area contributed by atoms with Crippen molar-refractivity contribution in [3.8, 4) is 17.2 Å². The van der Waals surface area contributed by atoms with Crippen LogP contribution < -0.4 is 9.47 Å². The van der Waals surface area contributed by atoms with Crippen LogP contribution in [-0.4, -0.2) is 18.3 Å². The Kier molecular flexibility index (Phi) is 4.54. The minimum atomic E-state index is -0.540. The first-order valence-corrected chi connectivity index (χ1v) is 6.60. The molecule has 0 unspecified atom stereocenters. The zero-order valence-electron chi connectivity index (χ0n) is 10.9. The summed E-state index contributed by atoms with van der Waals surface area (Å²) < 4.78 is 11.2. The highest BCUT2D eigenvalue weighted by Crippen LogP contribution is 2.38. The van der Waals surface area contributed by atoms with Gasteiger partial charge in [0.2, 0.25) is 5.75 Å². The van der Waals surface area contributed by atoms with Gasteiger partial charge in [-0.15, -0.1) is 0 Å². The summed E-state index contributed by atoms with van der Waals surface area (Å²) >= 11 is 3.23. The van der Waals surface area contributed by atoms with Gasteiger partial charge in [-0.3, -0.25) is 14.9 Å². The van der Waals surface area contributed by atoms with Crippen molar-refractivity contribution < 1.29 is 19.2 Å². The third-order valence-electron chi connectivity index (χ3n) is 2.69. The van der Waals surface area contributed by atoms with E-state index < -0.39 is 4.92 Å². The smallest absolute Gasteiger partial charge is 0.311 e. The van der Waals surface area contributed by atoms with Crippen LogP contribution in [0.25, 0.3) is 0 Å². The summed E-state index contributed by atoms with van der Waals surface area (Å²) in [5, 5.41) is 11.0. The Morgan fingerprint density at radius 2 is 1.90 bits per heavy atom. The van der Waals surface area contributed by atoms with Crippen LogP contribution in [0.1, 0.15) is 10.4 Å². The van der Waals surface area contributed by atoms with E-state index in [9.17, 15) is 14.9 Å². The van der Waals surface area contributed by atoms with Crippen LogP contribution >= 0.6 is 15.9 Å². The Balaban J connectivity index is 2.48. The number of hydrogen-bond acceptors (Lipinski definition) is 5. The number of nitrogens with zero attached hydrogens (tertiary/aromatic N) is 1. The van der Waals surface area contributed by atoms with Crippen molar-refractivity contribution in [3.05, 3.63) is 56.5 Å². The van der Waals surface area contributed by atoms with E-state index >= 15 is 0 Å². The third kappa shape index (κ3) is 3.19. The normalized spacial score (nSPS) is 10.0. The molecule has 6 nitrogen and oxygen atoms in total. The molecular formula is C14H10BrNO5. The average Bonchev–Trinajstić information content (AvgIpc) is 2.48. The van der Waals surface area contributed by atoms with Crippen LogP contribution in [0.3, 0.4) is 0 Å². The van der Waals surface area contributed by atoms with Gasteiger partial charge in [0.25, 0.3) is 0 Å². The van der Waals surface area contributed by atoms with E-state index in [0.29, 0.717) is 22.1 Å². The number of benzene rings is 2. The fourth-order valence-electron chi connectivity index (χ4n) is 1.69. The van der Waals surface area contributed by atoms with Gasteiger partial charge in [-0.2, -0.15) is 0 Å². The van der Waals surface area contributed by atoms with Crippen LogP contribution in [0.15, 0.2) is 40.9 Å². The number of halogens is 1. The van der Waals surface area contributed by atoms with Crippen molar-refractivity contribution in [2.75, 3.05) is 7.11 Å². The van der Waals surface area contributed by atoms with Gasteiger partial charge >= 0.3 is 5.69 Å². The number of aldehydes is 1. The fraction of sp³-hybridized carbons (Fsp3) is 0.0714. The minimum Gasteiger partial charge on any atom is -0.493 e. The summed E-state index contributed by atoms with van der Waals surface area (Å²) in [4.78, 5) is 21.4. The zero-order chi connectivity index (χ0) is 15.4. The number of carbonyl (C=O) groups excluding carboxylic acids is 1. The van der Waals surface area contributed by atoms with Crippen LogP contribution in [-0.2, 0) is 0 Å². The lowest BCUT2D eigenvalue weighted by Gasteiger charge is -2.12. The third-order valence-corrected chi connectivity index (χ3v) is 3.38. The van der Waals surface area contributed by atoms with E-state index in [1.807, 2.05) is 0 Å². The van der Waals surface area contributed by atoms with Crippen LogP contribution in [0.2, 0.25) is 0 Å². The van der Waals surface area contributed by atoms with E-state index in [0.717, 1.165) is 0 Å². The summed E-state index contributed by atoms with van der Waals surface area (Å²) in [5.74, 6) is 0.641. The number of nitro groups is 1. The van der Waals surface area contributed by atoms with Crippen molar-refractivity contribution >= 4 is 27.9 Å². The number of carbonyl (C=O) groups is 1. The monoisotopic (exact) mass is 351 g/mol. The molecular weight excluding hydrogens is 342 g/mol. The number of nitro benzene ring substituents is 1. The summed E-state index contributed by atoms with van der Waals surface area (Å²) in [7, 11) is 1.44. The summed E-state index contributed by atoms with van der Waals surface area (Å²) in [6, 6.07) is 8.98. The number of methoxy groups -OCH3 is 1. The van der Waals surface area contributed by atoms with Gasteiger partial charge in [-0.05, 0) is 34.1 Å². The Morgan fingerprint density at radius 1 is 1.19 bits per heavy atom. The molecule has 0 aromatic heterocycles. The first-order chi connectivity index (χ1) is 10.1. The topological polar surface area (TPSA) is 78.7 Å². The lowest BCUT2D eigenvalue weighted by molar-refractivity contribution is -0.385. The molecule has 0 bridgehead atoms. The van der Waals surface area contributed by atoms with Crippen LogP contribution in [0.4, 0.5) is 5.69 Å². The molecule has 0 N–H and O–H groups in total. The van der Waals surface area contributed by atoms with Crippen molar-refractivity contribution in [1.82, 2.24) is 0 Å². The van der Waals surface area contributed by atoms with Crippen molar-refractivity contribution in [3.63, 3.8) is 0 Å². The van der Waals surface area contributed by atoms with Gasteiger partial charge in [0.1, 0.15) is 0 Å². The van der Waals surface area contributed by atoms with Gasteiger partial charge in [0, 0.05) is 16.1 Å². The second-order valence-corrected chi connectivity index (χ2v) is 4.82. The highest BCUT2D eigenvalue weighted by Gasteiger charge is 2.17. The lowest BCUT2D eigenvalue weighted by Crippen LogP contribution is -1.96. The molecule has 7 heteroatoms. The summed E-state index contributed by atoms with van der Waals surface area (Å²) in [6.45, 7) is 0. The summed E-state index contributed by atoms with van der Waals surface area (Å²) in [5.41, 5.74) is 0.180. The second kappa shape index (κ2) is 6.36. The molecule has 0 spiro atoms. The first-order valence-electron chi connectivity index (χ1n) is 5.80. The number of hydrogen-bond donors (Lipinski definition) is 0. The van der Waals surface area contributed by atoms with Crippen LogP contribution in [0, 0.1) is 10.1 Å². The average molecular weight is 352 g/mol. The van der Waals surface area contributed by atoms with Crippen molar-refractivity contribution in [2.45, 2.75) is 0 Å². The van der Waals surface area contributed by atoms with Gasteiger partial charge in [-0.1, -0.05) is 12.1 Å². The molecule has 0 atom stereocenters. The van der Waals surface area contributed by atoms with E-state index in [-0.39, 0.29) is 17.2 Å². The molecule has 2 aromatic rings. The number of para-hydroxylation sites is 2. The molecule has 0 amide bonds. The molecule has 0 saturated heterocycles. The minimum absolute atomic E-state index is 0.0694. The number of ether oxygens (including phenoxy) is 2. The molecule has 0 fully saturated rings. The van der Waals surface area contributed by atoms with Gasteiger partial charge in [0.05, 0.1) is 12.0 Å². The second-order valence-electron chi connectivity index (χ2n) is 3.97. The molecule has 108 valence electrons. The van der Waals surface area contributed by atoms with Gasteiger partial charge in [-0.25, -0.2) is 0 Å². The highest BCUT2D eigenvalue weighted by molar-refractivity contribution is 9.10. The van der Waals surface area contributed by atoms with E-state index in [4.69, 9.17) is 9.47 Å². The van der Waals surface area contributed by atoms with E-state index in [2.05, 4.69) is 15.9 Å². The maximum atomic E-state index is 11.0. The molecule has 0 aliphatic carbocycles. The molecule has 2 rings (SSSR count). The molecule has 0 heterocycles. The first kappa shape index (κ1) is 15.0. The van der Waals surface area contributed by atoms with Gasteiger partial charge in [0.15, 0.2) is 17.8 Å². The molecule has 2 aromatic carbocycles. The predicted octanol–water partition coefficient (Wildman–Crippen LogP) is 3.97. The maximum absolute atomic E-state index is 11.0. The molecule has 0 saturated carbocycles. The Morgan fingerprint density at radius 3 is 2.52 bits per heavy atom. The SMILES string of the molecule is COc1cc(Br)c(C=O)cc1Oc1ccccc1[N+](=O)[O-]. The van der Waals surface area contributed by atoms with Crippen molar-refractivity contribution in [2.24, 2.45) is 0 Å².